The summed E-state index contributed by atoms with van der Waals surface area (Å²) in [6.45, 7) is 1.58. The van der Waals surface area contributed by atoms with Crippen LogP contribution in [0, 0.1) is 11.3 Å². The van der Waals surface area contributed by atoms with E-state index < -0.39 is 24.4 Å². The van der Waals surface area contributed by atoms with Crippen molar-refractivity contribution in [2.24, 2.45) is 0 Å². The van der Waals surface area contributed by atoms with Gasteiger partial charge in [0.25, 0.3) is 0 Å². The van der Waals surface area contributed by atoms with Gasteiger partial charge in [-0.3, -0.25) is 0 Å². The van der Waals surface area contributed by atoms with Gasteiger partial charge in [0.2, 0.25) is 0 Å². The van der Waals surface area contributed by atoms with Crippen molar-refractivity contribution in [3.05, 3.63) is 108 Å². The Morgan fingerprint density at radius 1 is 0.656 bits per heavy atom. The lowest BCUT2D eigenvalue weighted by atomic mass is 10.1. The third-order valence-electron chi connectivity index (χ3n) is 5.40. The Morgan fingerprint density at radius 2 is 1.12 bits per heavy atom. The first-order valence-corrected chi connectivity index (χ1v) is 10.8. The van der Waals surface area contributed by atoms with Crippen molar-refractivity contribution in [3.63, 3.8) is 0 Å². The van der Waals surface area contributed by atoms with Crippen LogP contribution in [0.25, 0.3) is 0 Å². The smallest absolute Gasteiger partial charge is 0.173 e. The van der Waals surface area contributed by atoms with E-state index in [-0.39, 0.29) is 0 Å². The molecule has 5 nitrogen and oxygen atoms in total. The Labute approximate surface area is 189 Å². The van der Waals surface area contributed by atoms with E-state index in [0.29, 0.717) is 26.4 Å². The fourth-order valence-electron chi connectivity index (χ4n) is 3.75. The van der Waals surface area contributed by atoms with E-state index in [2.05, 4.69) is 6.07 Å². The predicted molar refractivity (Wildman–Crippen MR) is 120 cm³/mol. The van der Waals surface area contributed by atoms with Crippen LogP contribution in [0.1, 0.15) is 16.7 Å². The van der Waals surface area contributed by atoms with Crippen molar-refractivity contribution in [1.82, 2.24) is 0 Å². The molecule has 164 valence electrons. The molecule has 5 heteroatoms. The minimum absolute atomic E-state index is 0.317. The molecule has 0 radical (unpaired) electrons. The molecule has 3 aromatic carbocycles. The van der Waals surface area contributed by atoms with Gasteiger partial charge < -0.3 is 18.9 Å². The maximum atomic E-state index is 9.71. The van der Waals surface area contributed by atoms with Gasteiger partial charge in [0.05, 0.1) is 32.5 Å². The highest BCUT2D eigenvalue weighted by Crippen LogP contribution is 2.29. The fourth-order valence-corrected chi connectivity index (χ4v) is 3.75. The maximum Gasteiger partial charge on any atom is 0.173 e. The largest absolute Gasteiger partial charge is 0.374 e. The van der Waals surface area contributed by atoms with Gasteiger partial charge >= 0.3 is 0 Å². The summed E-state index contributed by atoms with van der Waals surface area (Å²) < 4.78 is 24.4. The molecular weight excluding hydrogens is 402 g/mol. The summed E-state index contributed by atoms with van der Waals surface area (Å²) in [4.78, 5) is 0. The molecule has 0 bridgehead atoms. The second kappa shape index (κ2) is 11.6. The molecule has 32 heavy (non-hydrogen) atoms. The molecule has 0 amide bonds. The third-order valence-corrected chi connectivity index (χ3v) is 5.40. The highest BCUT2D eigenvalue weighted by molar-refractivity contribution is 5.16. The van der Waals surface area contributed by atoms with Crippen LogP contribution in [0.5, 0.6) is 0 Å². The van der Waals surface area contributed by atoms with E-state index >= 15 is 0 Å². The number of nitriles is 1. The SMILES string of the molecule is N#C[C@H]1O[C@H](COCc2ccccc2)[C@@H](OCc2ccccc2)[C@H]1OCc1ccccc1. The lowest BCUT2D eigenvalue weighted by Gasteiger charge is -2.24. The van der Waals surface area contributed by atoms with Crippen molar-refractivity contribution < 1.29 is 18.9 Å². The summed E-state index contributed by atoms with van der Waals surface area (Å²) in [6, 6.07) is 32.1. The Bertz CT molecular complexity index is 975. The lowest BCUT2D eigenvalue weighted by molar-refractivity contribution is -0.0896. The highest BCUT2D eigenvalue weighted by atomic mass is 16.6. The van der Waals surface area contributed by atoms with Gasteiger partial charge in [0.15, 0.2) is 6.10 Å². The molecule has 1 aliphatic rings. The highest BCUT2D eigenvalue weighted by Gasteiger charge is 2.46. The molecule has 0 saturated carbocycles. The Morgan fingerprint density at radius 3 is 1.62 bits per heavy atom. The average molecular weight is 430 g/mol. The fraction of sp³-hybridized carbons (Fsp3) is 0.296. The Hall–Kier alpha value is -3.01. The Kier molecular flexibility index (Phi) is 8.02. The molecule has 1 heterocycles. The predicted octanol–water partition coefficient (Wildman–Crippen LogP) is 4.66. The quantitative estimate of drug-likeness (QED) is 0.469. The van der Waals surface area contributed by atoms with Crippen LogP contribution >= 0.6 is 0 Å². The van der Waals surface area contributed by atoms with Gasteiger partial charge in [-0.1, -0.05) is 91.0 Å². The van der Waals surface area contributed by atoms with Gasteiger partial charge in [0, 0.05) is 0 Å². The summed E-state index contributed by atoms with van der Waals surface area (Å²) in [5.74, 6) is 0. The minimum atomic E-state index is -0.718. The zero-order valence-electron chi connectivity index (χ0n) is 17.9. The molecule has 4 rings (SSSR count). The lowest BCUT2D eigenvalue weighted by Crippen LogP contribution is -2.38. The van der Waals surface area contributed by atoms with E-state index in [4.69, 9.17) is 18.9 Å². The third kappa shape index (κ3) is 6.03. The second-order valence-electron chi connectivity index (χ2n) is 7.75. The number of rotatable bonds is 10. The average Bonchev–Trinajstić information content (AvgIpc) is 3.19. The van der Waals surface area contributed by atoms with Crippen LogP contribution in [0.3, 0.4) is 0 Å². The summed E-state index contributed by atoms with van der Waals surface area (Å²) >= 11 is 0. The van der Waals surface area contributed by atoms with Crippen LogP contribution in [-0.4, -0.2) is 31.0 Å². The van der Waals surface area contributed by atoms with Gasteiger partial charge in [-0.05, 0) is 16.7 Å². The van der Waals surface area contributed by atoms with Gasteiger partial charge in [-0.15, -0.1) is 0 Å². The van der Waals surface area contributed by atoms with Crippen molar-refractivity contribution in [2.75, 3.05) is 6.61 Å². The number of ether oxygens (including phenoxy) is 4. The van der Waals surface area contributed by atoms with Crippen LogP contribution < -0.4 is 0 Å². The molecule has 0 unspecified atom stereocenters. The molecule has 1 aliphatic heterocycles. The Balaban J connectivity index is 1.43. The van der Waals surface area contributed by atoms with Crippen molar-refractivity contribution >= 4 is 0 Å². The van der Waals surface area contributed by atoms with Crippen molar-refractivity contribution in [3.8, 4) is 6.07 Å². The zero-order valence-corrected chi connectivity index (χ0v) is 17.9. The zero-order chi connectivity index (χ0) is 22.0. The van der Waals surface area contributed by atoms with E-state index in [9.17, 15) is 5.26 Å². The van der Waals surface area contributed by atoms with Crippen LogP contribution in [0.4, 0.5) is 0 Å². The van der Waals surface area contributed by atoms with E-state index in [0.717, 1.165) is 16.7 Å². The molecule has 4 atom stereocenters. The molecule has 1 fully saturated rings. The molecule has 1 saturated heterocycles. The van der Waals surface area contributed by atoms with Crippen LogP contribution in [0.2, 0.25) is 0 Å². The first kappa shape index (κ1) is 22.2. The molecule has 0 spiro atoms. The van der Waals surface area contributed by atoms with E-state index in [1.807, 2.05) is 91.0 Å². The summed E-state index contributed by atoms with van der Waals surface area (Å²) in [5, 5.41) is 9.71. The van der Waals surface area contributed by atoms with Crippen LogP contribution in [-0.2, 0) is 38.8 Å². The van der Waals surface area contributed by atoms with E-state index in [1.54, 1.807) is 0 Å². The molecule has 3 aromatic rings. The van der Waals surface area contributed by atoms with Crippen molar-refractivity contribution in [1.29, 1.82) is 5.26 Å². The molecule has 0 aliphatic carbocycles. The first-order chi connectivity index (χ1) is 15.8. The topological polar surface area (TPSA) is 60.7 Å². The summed E-state index contributed by atoms with van der Waals surface area (Å²) in [5.41, 5.74) is 3.18. The standard InChI is InChI=1S/C27H27NO4/c28-16-24-26(30-18-22-12-6-2-7-13-22)27(31-19-23-14-8-3-9-15-23)25(32-24)20-29-17-21-10-4-1-5-11-21/h1-15,24-27H,17-20H2/t24-,25-,26+,27-/m1/s1. The van der Waals surface area contributed by atoms with Crippen molar-refractivity contribution in [2.45, 2.75) is 44.2 Å². The normalized spacial score (nSPS) is 22.5. The van der Waals surface area contributed by atoms with Gasteiger partial charge in [-0.2, -0.15) is 5.26 Å². The monoisotopic (exact) mass is 429 g/mol. The van der Waals surface area contributed by atoms with Gasteiger partial charge in [-0.25, -0.2) is 0 Å². The number of hydrogen-bond acceptors (Lipinski definition) is 5. The minimum Gasteiger partial charge on any atom is -0.374 e. The number of benzene rings is 3. The molecular formula is C27H27NO4. The number of nitrogens with zero attached hydrogens (tertiary/aromatic N) is 1. The molecule has 0 aromatic heterocycles. The molecule has 0 N–H and O–H groups in total. The summed E-state index contributed by atoms with van der Waals surface area (Å²) in [7, 11) is 0. The second-order valence-corrected chi connectivity index (χ2v) is 7.75. The van der Waals surface area contributed by atoms with E-state index in [1.165, 1.54) is 0 Å². The number of hydrogen-bond donors (Lipinski definition) is 0. The maximum absolute atomic E-state index is 9.71. The summed E-state index contributed by atoms with van der Waals surface area (Å²) in [6.07, 6.45) is -2.04. The van der Waals surface area contributed by atoms with Crippen LogP contribution in [0.15, 0.2) is 91.0 Å². The first-order valence-electron chi connectivity index (χ1n) is 10.8. The van der Waals surface area contributed by atoms with Gasteiger partial charge in [0.1, 0.15) is 18.3 Å².